The molecule has 1 aromatic rings. The van der Waals surface area contributed by atoms with Crippen molar-refractivity contribution >= 4 is 0 Å². The molecule has 1 aromatic heterocycles. The van der Waals surface area contributed by atoms with Crippen LogP contribution in [-0.4, -0.2) is 22.2 Å². The lowest BCUT2D eigenvalue weighted by atomic mass is 9.89. The molecular weight excluding hydrogens is 204 g/mol. The zero-order chi connectivity index (χ0) is 12.2. The maximum Gasteiger partial charge on any atom is 0.216 e. The molecule has 4 nitrogen and oxygen atoms in total. The standard InChI is InChI=1S/C12H20N2O2/c1-12(2,3)6-5-10(15)9-7-11(16-4)14-8-13-9/h7-8,10,15H,5-6H2,1-4H3. The Kier molecular flexibility index (Phi) is 4.24. The van der Waals surface area contributed by atoms with E-state index in [1.807, 2.05) is 0 Å². The Morgan fingerprint density at radius 1 is 1.38 bits per heavy atom. The molecular formula is C12H20N2O2. The SMILES string of the molecule is COc1cc(C(O)CCC(C)(C)C)ncn1. The van der Waals surface area contributed by atoms with E-state index in [0.717, 1.165) is 6.42 Å². The second kappa shape index (κ2) is 5.25. The Bertz CT molecular complexity index is 334. The molecule has 4 heteroatoms. The van der Waals surface area contributed by atoms with E-state index in [-0.39, 0.29) is 5.41 Å². The van der Waals surface area contributed by atoms with Crippen molar-refractivity contribution in [1.29, 1.82) is 0 Å². The second-order valence-electron chi connectivity index (χ2n) is 5.10. The van der Waals surface area contributed by atoms with Crippen molar-refractivity contribution in [3.05, 3.63) is 18.1 Å². The summed E-state index contributed by atoms with van der Waals surface area (Å²) in [5, 5.41) is 9.96. The van der Waals surface area contributed by atoms with Gasteiger partial charge in [-0.3, -0.25) is 0 Å². The summed E-state index contributed by atoms with van der Waals surface area (Å²) in [6.07, 6.45) is 2.51. The van der Waals surface area contributed by atoms with Crippen molar-refractivity contribution in [2.75, 3.05) is 7.11 Å². The number of methoxy groups -OCH3 is 1. The molecule has 0 bridgehead atoms. The maximum absolute atomic E-state index is 9.96. The van der Waals surface area contributed by atoms with Gasteiger partial charge in [0.2, 0.25) is 5.88 Å². The molecule has 0 aliphatic carbocycles. The van der Waals surface area contributed by atoms with Crippen LogP contribution in [0, 0.1) is 5.41 Å². The molecule has 0 fully saturated rings. The number of aromatic nitrogens is 2. The number of rotatable bonds is 4. The molecule has 16 heavy (non-hydrogen) atoms. The van der Waals surface area contributed by atoms with Gasteiger partial charge in [-0.25, -0.2) is 9.97 Å². The van der Waals surface area contributed by atoms with Crippen molar-refractivity contribution < 1.29 is 9.84 Å². The number of aliphatic hydroxyl groups is 1. The largest absolute Gasteiger partial charge is 0.481 e. The highest BCUT2D eigenvalue weighted by Gasteiger charge is 2.16. The minimum absolute atomic E-state index is 0.220. The van der Waals surface area contributed by atoms with Crippen molar-refractivity contribution in [3.8, 4) is 5.88 Å². The highest BCUT2D eigenvalue weighted by atomic mass is 16.5. The lowest BCUT2D eigenvalue weighted by Crippen LogP contribution is -2.09. The molecule has 0 saturated heterocycles. The molecule has 0 radical (unpaired) electrons. The monoisotopic (exact) mass is 224 g/mol. The van der Waals surface area contributed by atoms with E-state index in [9.17, 15) is 5.11 Å². The summed E-state index contributed by atoms with van der Waals surface area (Å²) in [5.74, 6) is 0.486. The summed E-state index contributed by atoms with van der Waals surface area (Å²) in [4.78, 5) is 7.95. The maximum atomic E-state index is 9.96. The molecule has 0 spiro atoms. The van der Waals surface area contributed by atoms with Gasteiger partial charge in [0.25, 0.3) is 0 Å². The molecule has 1 unspecified atom stereocenters. The normalized spacial score (nSPS) is 13.6. The van der Waals surface area contributed by atoms with Crippen LogP contribution in [0.25, 0.3) is 0 Å². The van der Waals surface area contributed by atoms with Gasteiger partial charge in [-0.05, 0) is 18.3 Å². The van der Waals surface area contributed by atoms with E-state index < -0.39 is 6.10 Å². The first kappa shape index (κ1) is 12.9. The summed E-state index contributed by atoms with van der Waals surface area (Å²) in [7, 11) is 1.55. The Morgan fingerprint density at radius 3 is 2.62 bits per heavy atom. The lowest BCUT2D eigenvalue weighted by molar-refractivity contribution is 0.143. The van der Waals surface area contributed by atoms with Gasteiger partial charge in [-0.1, -0.05) is 20.8 Å². The molecule has 1 heterocycles. The van der Waals surface area contributed by atoms with Crippen LogP contribution in [0.4, 0.5) is 0 Å². The average molecular weight is 224 g/mol. The molecule has 0 saturated carbocycles. The second-order valence-corrected chi connectivity index (χ2v) is 5.10. The molecule has 0 aromatic carbocycles. The number of hydrogen-bond donors (Lipinski definition) is 1. The van der Waals surface area contributed by atoms with Crippen LogP contribution in [0.3, 0.4) is 0 Å². The van der Waals surface area contributed by atoms with E-state index in [0.29, 0.717) is 18.0 Å². The Hall–Kier alpha value is -1.16. The van der Waals surface area contributed by atoms with Gasteiger partial charge in [0.1, 0.15) is 6.33 Å². The third kappa shape index (κ3) is 4.14. The minimum Gasteiger partial charge on any atom is -0.481 e. The predicted octanol–water partition coefficient (Wildman–Crippen LogP) is 2.34. The molecule has 0 aliphatic rings. The molecule has 1 atom stereocenters. The van der Waals surface area contributed by atoms with Crippen LogP contribution in [0.5, 0.6) is 5.88 Å². The van der Waals surface area contributed by atoms with Gasteiger partial charge in [0, 0.05) is 6.07 Å². The van der Waals surface area contributed by atoms with E-state index in [1.165, 1.54) is 6.33 Å². The fraction of sp³-hybridized carbons (Fsp3) is 0.667. The Balaban J connectivity index is 2.62. The zero-order valence-electron chi connectivity index (χ0n) is 10.4. The highest BCUT2D eigenvalue weighted by molar-refractivity contribution is 5.15. The third-order valence-electron chi connectivity index (χ3n) is 2.38. The van der Waals surface area contributed by atoms with Crippen LogP contribution in [0.1, 0.15) is 45.4 Å². The summed E-state index contributed by atoms with van der Waals surface area (Å²) < 4.78 is 4.99. The first-order chi connectivity index (χ1) is 7.42. The van der Waals surface area contributed by atoms with Gasteiger partial charge >= 0.3 is 0 Å². The van der Waals surface area contributed by atoms with Gasteiger partial charge in [-0.2, -0.15) is 0 Å². The van der Waals surface area contributed by atoms with Gasteiger partial charge in [-0.15, -0.1) is 0 Å². The molecule has 0 amide bonds. The minimum atomic E-state index is -0.545. The number of ether oxygens (including phenoxy) is 1. The molecule has 90 valence electrons. The smallest absolute Gasteiger partial charge is 0.216 e. The summed E-state index contributed by atoms with van der Waals surface area (Å²) in [5.41, 5.74) is 0.842. The summed E-state index contributed by atoms with van der Waals surface area (Å²) >= 11 is 0. The van der Waals surface area contributed by atoms with Crippen molar-refractivity contribution in [2.24, 2.45) is 5.41 Å². The van der Waals surface area contributed by atoms with E-state index in [1.54, 1.807) is 13.2 Å². The summed E-state index contributed by atoms with van der Waals surface area (Å²) in [6.45, 7) is 6.46. The predicted molar refractivity (Wildman–Crippen MR) is 62.2 cm³/mol. The zero-order valence-corrected chi connectivity index (χ0v) is 10.4. The molecule has 0 aliphatic heterocycles. The van der Waals surface area contributed by atoms with Crippen molar-refractivity contribution in [1.82, 2.24) is 9.97 Å². The van der Waals surface area contributed by atoms with Crippen LogP contribution in [-0.2, 0) is 0 Å². The fourth-order valence-electron chi connectivity index (χ4n) is 1.36. The van der Waals surface area contributed by atoms with Crippen LogP contribution >= 0.6 is 0 Å². The first-order valence-electron chi connectivity index (χ1n) is 5.46. The molecule has 1 N–H and O–H groups in total. The van der Waals surface area contributed by atoms with Gasteiger partial charge in [0.05, 0.1) is 18.9 Å². The number of hydrogen-bond acceptors (Lipinski definition) is 4. The van der Waals surface area contributed by atoms with Gasteiger partial charge in [0.15, 0.2) is 0 Å². The van der Waals surface area contributed by atoms with Crippen LogP contribution < -0.4 is 4.74 Å². The first-order valence-corrected chi connectivity index (χ1v) is 5.46. The van der Waals surface area contributed by atoms with E-state index >= 15 is 0 Å². The Labute approximate surface area is 96.7 Å². The van der Waals surface area contributed by atoms with E-state index in [4.69, 9.17) is 4.74 Å². The number of nitrogens with zero attached hydrogens (tertiary/aromatic N) is 2. The lowest BCUT2D eigenvalue weighted by Gasteiger charge is -2.20. The van der Waals surface area contributed by atoms with Crippen molar-refractivity contribution in [3.63, 3.8) is 0 Å². The Morgan fingerprint density at radius 2 is 2.06 bits per heavy atom. The highest BCUT2D eigenvalue weighted by Crippen LogP contribution is 2.27. The third-order valence-corrected chi connectivity index (χ3v) is 2.38. The fourth-order valence-corrected chi connectivity index (χ4v) is 1.36. The number of aliphatic hydroxyl groups excluding tert-OH is 1. The summed E-state index contributed by atoms with van der Waals surface area (Å²) in [6, 6.07) is 1.67. The van der Waals surface area contributed by atoms with Crippen molar-refractivity contribution in [2.45, 2.75) is 39.7 Å². The van der Waals surface area contributed by atoms with Crippen LogP contribution in [0.15, 0.2) is 12.4 Å². The average Bonchev–Trinajstić information content (AvgIpc) is 2.25. The van der Waals surface area contributed by atoms with Gasteiger partial charge < -0.3 is 9.84 Å². The van der Waals surface area contributed by atoms with Crippen LogP contribution in [0.2, 0.25) is 0 Å². The molecule has 1 rings (SSSR count). The van der Waals surface area contributed by atoms with E-state index in [2.05, 4.69) is 30.7 Å². The quantitative estimate of drug-likeness (QED) is 0.853. The topological polar surface area (TPSA) is 55.2 Å².